The van der Waals surface area contributed by atoms with Crippen molar-refractivity contribution < 1.29 is 28.3 Å². The second-order valence-corrected chi connectivity index (χ2v) is 11.6. The minimum absolute atomic E-state index is 0.0618. The third-order valence-corrected chi connectivity index (χ3v) is 8.52. The van der Waals surface area contributed by atoms with E-state index in [1.165, 1.54) is 0 Å². The van der Waals surface area contributed by atoms with Crippen molar-refractivity contribution in [1.82, 2.24) is 0 Å². The van der Waals surface area contributed by atoms with Crippen molar-refractivity contribution in [3.63, 3.8) is 0 Å². The number of esters is 2. The topological polar surface area (TPSA) is 78.9 Å². The Hall–Kier alpha value is -1.21. The van der Waals surface area contributed by atoms with E-state index in [1.807, 2.05) is 13.1 Å². The smallest absolute Gasteiger partial charge is 0.320 e. The van der Waals surface area contributed by atoms with Crippen LogP contribution in [-0.4, -0.2) is 45.9 Å². The summed E-state index contributed by atoms with van der Waals surface area (Å²) in [6.07, 6.45) is -0.255. The van der Waals surface area contributed by atoms with E-state index in [0.29, 0.717) is 6.29 Å². The zero-order chi connectivity index (χ0) is 18.3. The van der Waals surface area contributed by atoms with E-state index in [1.54, 1.807) is 13.8 Å². The van der Waals surface area contributed by atoms with Gasteiger partial charge in [-0.25, -0.2) is 0 Å². The van der Waals surface area contributed by atoms with Crippen LogP contribution in [0.5, 0.6) is 0 Å². The Morgan fingerprint density at radius 3 is 1.78 bits per heavy atom. The van der Waals surface area contributed by atoms with Crippen molar-refractivity contribution in [2.24, 2.45) is 5.92 Å². The summed E-state index contributed by atoms with van der Waals surface area (Å²) in [6.45, 7) is 13.8. The van der Waals surface area contributed by atoms with Crippen LogP contribution in [0.1, 0.15) is 41.0 Å². The molecule has 0 spiro atoms. The van der Waals surface area contributed by atoms with E-state index in [0.717, 1.165) is 0 Å². The van der Waals surface area contributed by atoms with Crippen LogP contribution in [0.4, 0.5) is 0 Å². The quantitative estimate of drug-likeness (QED) is 0.276. The number of carbonyl (C=O) groups is 3. The summed E-state index contributed by atoms with van der Waals surface area (Å²) >= 11 is 0. The van der Waals surface area contributed by atoms with Crippen LogP contribution in [0.3, 0.4) is 0 Å². The second kappa shape index (κ2) is 9.17. The molecule has 0 fully saturated rings. The molecule has 0 aliphatic carbocycles. The fourth-order valence-electron chi connectivity index (χ4n) is 1.69. The minimum atomic E-state index is -2.20. The number of ether oxygens (including phenoxy) is 2. The molecule has 0 unspecified atom stereocenters. The first kappa shape index (κ1) is 21.8. The summed E-state index contributed by atoms with van der Waals surface area (Å²) in [6, 6.07) is 0. The lowest BCUT2D eigenvalue weighted by molar-refractivity contribution is -0.162. The molecule has 134 valence electrons. The van der Waals surface area contributed by atoms with Gasteiger partial charge in [-0.2, -0.15) is 0 Å². The van der Waals surface area contributed by atoms with Gasteiger partial charge in [0.25, 0.3) is 0 Å². The summed E-state index contributed by atoms with van der Waals surface area (Å²) in [7, 11) is -2.20. The van der Waals surface area contributed by atoms with Gasteiger partial charge < -0.3 is 18.7 Å². The van der Waals surface area contributed by atoms with Crippen molar-refractivity contribution >= 4 is 26.5 Å². The molecule has 0 aliphatic rings. The highest BCUT2D eigenvalue weighted by atomic mass is 28.4. The first-order valence-corrected chi connectivity index (χ1v) is 10.9. The van der Waals surface area contributed by atoms with E-state index in [-0.39, 0.29) is 24.7 Å². The Bertz CT molecular complexity index is 395. The van der Waals surface area contributed by atoms with Crippen molar-refractivity contribution in [3.8, 4) is 0 Å². The van der Waals surface area contributed by atoms with E-state index >= 15 is 0 Å². The van der Waals surface area contributed by atoms with Crippen LogP contribution in [0.25, 0.3) is 0 Å². The Balaban J connectivity index is 5.16. The molecule has 7 heteroatoms. The van der Waals surface area contributed by atoms with Crippen molar-refractivity contribution in [2.45, 2.75) is 65.3 Å². The molecule has 23 heavy (non-hydrogen) atoms. The molecule has 0 bridgehead atoms. The van der Waals surface area contributed by atoms with E-state index < -0.39 is 32.3 Å². The van der Waals surface area contributed by atoms with Gasteiger partial charge in [0, 0.05) is 6.42 Å². The van der Waals surface area contributed by atoms with Crippen molar-refractivity contribution in [1.29, 1.82) is 0 Å². The van der Waals surface area contributed by atoms with E-state index in [2.05, 4.69) is 20.8 Å². The van der Waals surface area contributed by atoms with Gasteiger partial charge >= 0.3 is 11.9 Å². The highest BCUT2D eigenvalue weighted by Crippen LogP contribution is 2.37. The molecule has 1 atom stereocenters. The molecule has 0 aromatic rings. The molecule has 0 saturated carbocycles. The highest BCUT2D eigenvalue weighted by Gasteiger charge is 2.41. The largest absolute Gasteiger partial charge is 0.465 e. The van der Waals surface area contributed by atoms with Crippen LogP contribution in [-0.2, 0) is 28.3 Å². The number of hydrogen-bond acceptors (Lipinski definition) is 6. The second-order valence-electron chi connectivity index (χ2n) is 6.85. The molecule has 0 heterocycles. The maximum Gasteiger partial charge on any atom is 0.320 e. The lowest BCUT2D eigenvalue weighted by Crippen LogP contribution is -2.45. The van der Waals surface area contributed by atoms with Crippen LogP contribution in [0.15, 0.2) is 0 Å². The number of hydrogen-bond donors (Lipinski definition) is 0. The first-order valence-electron chi connectivity index (χ1n) is 7.96. The normalized spacial score (nSPS) is 13.6. The lowest BCUT2D eigenvalue weighted by Gasteiger charge is -2.38. The molecule has 0 rings (SSSR count). The monoisotopic (exact) mass is 346 g/mol. The molecule has 0 N–H and O–H groups in total. The maximum atomic E-state index is 12.0. The average molecular weight is 346 g/mol. The van der Waals surface area contributed by atoms with Gasteiger partial charge in [0.05, 0.1) is 13.2 Å². The molecule has 0 saturated heterocycles. The summed E-state index contributed by atoms with van der Waals surface area (Å²) < 4.78 is 15.8. The van der Waals surface area contributed by atoms with Crippen LogP contribution in [0.2, 0.25) is 18.1 Å². The lowest BCUT2D eigenvalue weighted by atomic mass is 10.0. The van der Waals surface area contributed by atoms with Gasteiger partial charge in [-0.05, 0) is 32.0 Å². The van der Waals surface area contributed by atoms with E-state index in [4.69, 9.17) is 13.9 Å². The van der Waals surface area contributed by atoms with Gasteiger partial charge in [0.1, 0.15) is 12.4 Å². The zero-order valence-electron chi connectivity index (χ0n) is 15.3. The fraction of sp³-hybridized carbons (Fsp3) is 0.812. The van der Waals surface area contributed by atoms with Gasteiger partial charge in [-0.15, -0.1) is 0 Å². The van der Waals surface area contributed by atoms with Gasteiger partial charge in [0.15, 0.2) is 14.2 Å². The maximum absolute atomic E-state index is 12.0. The highest BCUT2D eigenvalue weighted by molar-refractivity contribution is 6.74. The summed E-state index contributed by atoms with van der Waals surface area (Å²) in [5.41, 5.74) is 0. The van der Waals surface area contributed by atoms with Crippen molar-refractivity contribution in [2.75, 3.05) is 13.2 Å². The molecule has 6 nitrogen and oxygen atoms in total. The summed E-state index contributed by atoms with van der Waals surface area (Å²) in [5.74, 6) is -2.51. The fourth-order valence-corrected chi connectivity index (χ4v) is 2.96. The molecule has 0 aliphatic heterocycles. The summed E-state index contributed by atoms with van der Waals surface area (Å²) in [5, 5.41) is -0.0857. The average Bonchev–Trinajstić information content (AvgIpc) is 2.42. The third kappa shape index (κ3) is 6.82. The van der Waals surface area contributed by atoms with Gasteiger partial charge in [-0.1, -0.05) is 20.8 Å². The SMILES string of the molecule is CCOC(=O)C(C[C@@H](C=O)O[Si](C)(C)C(C)(C)C)C(=O)OCC. The standard InChI is InChI=1S/C16H30O6Si/c1-8-20-14(18)13(15(19)21-9-2)10-12(11-17)22-23(6,7)16(3,4)5/h11-13H,8-10H2,1-7H3/t12-/m0/s1. The van der Waals surface area contributed by atoms with Gasteiger partial charge in [0.2, 0.25) is 0 Å². The van der Waals surface area contributed by atoms with Crippen LogP contribution in [0, 0.1) is 5.92 Å². The minimum Gasteiger partial charge on any atom is -0.465 e. The van der Waals surface area contributed by atoms with Crippen LogP contribution >= 0.6 is 0 Å². The number of rotatable bonds is 9. The number of carbonyl (C=O) groups excluding carboxylic acids is 3. The Labute approximate surface area is 140 Å². The van der Waals surface area contributed by atoms with Crippen molar-refractivity contribution in [3.05, 3.63) is 0 Å². The molecular formula is C16H30O6Si. The molecule has 0 aromatic heterocycles. The third-order valence-electron chi connectivity index (χ3n) is 4.01. The van der Waals surface area contributed by atoms with E-state index in [9.17, 15) is 14.4 Å². The summed E-state index contributed by atoms with van der Waals surface area (Å²) in [4.78, 5) is 35.4. The Morgan fingerprint density at radius 2 is 1.48 bits per heavy atom. The Morgan fingerprint density at radius 1 is 1.04 bits per heavy atom. The zero-order valence-corrected chi connectivity index (χ0v) is 16.3. The molecular weight excluding hydrogens is 316 g/mol. The predicted molar refractivity (Wildman–Crippen MR) is 89.5 cm³/mol. The molecule has 0 radical (unpaired) electrons. The van der Waals surface area contributed by atoms with Crippen LogP contribution < -0.4 is 0 Å². The van der Waals surface area contributed by atoms with Gasteiger partial charge in [-0.3, -0.25) is 9.59 Å². The Kier molecular flexibility index (Phi) is 8.69. The molecule has 0 aromatic carbocycles. The molecule has 0 amide bonds. The number of aldehydes is 1. The first-order chi connectivity index (χ1) is 10.5. The predicted octanol–water partition coefficient (Wildman–Crippen LogP) is 2.71.